The van der Waals surface area contributed by atoms with E-state index in [4.69, 9.17) is 27.9 Å². The van der Waals surface area contributed by atoms with E-state index in [2.05, 4.69) is 10.3 Å². The van der Waals surface area contributed by atoms with Crippen LogP contribution in [0.15, 0.2) is 30.5 Å². The smallest absolute Gasteiger partial charge is 0.323 e. The van der Waals surface area contributed by atoms with Gasteiger partial charge in [-0.25, -0.2) is 14.2 Å². The van der Waals surface area contributed by atoms with Gasteiger partial charge in [-0.3, -0.25) is 10.1 Å². The molecule has 158 valence electrons. The Morgan fingerprint density at radius 2 is 2.07 bits per heavy atom. The summed E-state index contributed by atoms with van der Waals surface area (Å²) in [6, 6.07) is 5.61. The molecule has 10 heteroatoms. The maximum Gasteiger partial charge on any atom is 0.323 e. The highest BCUT2D eigenvalue weighted by Crippen LogP contribution is 2.32. The zero-order valence-corrected chi connectivity index (χ0v) is 17.4. The standard InChI is InChI=1S/C20H19Cl2FN4O3/c21-14-9-15(22)16(23)8-13(14)17-11-26(6-7-30-17)20(29)25-18-4-3-12(10-24-18)27-5-1-2-19(27)28/h3-4,8-10,17H,1-2,5-7,11H2,(H,24,25,29). The zero-order valence-electron chi connectivity index (χ0n) is 15.9. The van der Waals surface area contributed by atoms with Crippen LogP contribution in [0.5, 0.6) is 0 Å². The molecular formula is C20H19Cl2FN4O3. The van der Waals surface area contributed by atoms with E-state index in [1.54, 1.807) is 28.1 Å². The first kappa shape index (κ1) is 20.8. The molecule has 2 aromatic rings. The van der Waals surface area contributed by atoms with Gasteiger partial charge in [-0.2, -0.15) is 0 Å². The number of hydrogen-bond acceptors (Lipinski definition) is 4. The second-order valence-corrected chi connectivity index (χ2v) is 7.89. The first-order chi connectivity index (χ1) is 14.4. The van der Waals surface area contributed by atoms with Gasteiger partial charge in [0, 0.05) is 30.1 Å². The van der Waals surface area contributed by atoms with E-state index in [9.17, 15) is 14.0 Å². The number of aromatic nitrogens is 1. The highest BCUT2D eigenvalue weighted by Gasteiger charge is 2.28. The van der Waals surface area contributed by atoms with Crippen LogP contribution in [0, 0.1) is 5.82 Å². The Morgan fingerprint density at radius 3 is 2.77 bits per heavy atom. The summed E-state index contributed by atoms with van der Waals surface area (Å²) < 4.78 is 19.5. The van der Waals surface area contributed by atoms with Gasteiger partial charge in [-0.05, 0) is 30.7 Å². The Kier molecular flexibility index (Phi) is 6.08. The van der Waals surface area contributed by atoms with Crippen molar-refractivity contribution in [1.82, 2.24) is 9.88 Å². The molecule has 0 saturated carbocycles. The predicted octanol–water partition coefficient (Wildman–Crippen LogP) is 4.26. The zero-order chi connectivity index (χ0) is 21.3. The number of halogens is 3. The number of ether oxygens (including phenoxy) is 1. The second-order valence-electron chi connectivity index (χ2n) is 7.07. The minimum absolute atomic E-state index is 0.0701. The minimum Gasteiger partial charge on any atom is -0.370 e. The topological polar surface area (TPSA) is 74.8 Å². The number of urea groups is 1. The van der Waals surface area contributed by atoms with Crippen LogP contribution in [0.25, 0.3) is 0 Å². The quantitative estimate of drug-likeness (QED) is 0.705. The first-order valence-electron chi connectivity index (χ1n) is 9.51. The largest absolute Gasteiger partial charge is 0.370 e. The van der Waals surface area contributed by atoms with Crippen LogP contribution in [-0.2, 0) is 9.53 Å². The lowest BCUT2D eigenvalue weighted by Gasteiger charge is -2.33. The van der Waals surface area contributed by atoms with Crippen molar-refractivity contribution >= 4 is 46.6 Å². The third-order valence-electron chi connectivity index (χ3n) is 5.11. The normalized spacial score (nSPS) is 19.3. The molecule has 3 amide bonds. The Labute approximate surface area is 182 Å². The average molecular weight is 453 g/mol. The predicted molar refractivity (Wildman–Crippen MR) is 112 cm³/mol. The number of carbonyl (C=O) groups excluding carboxylic acids is 2. The van der Waals surface area contributed by atoms with Gasteiger partial charge in [0.1, 0.15) is 17.7 Å². The van der Waals surface area contributed by atoms with Crippen molar-refractivity contribution in [2.75, 3.05) is 36.5 Å². The van der Waals surface area contributed by atoms with Gasteiger partial charge >= 0.3 is 6.03 Å². The van der Waals surface area contributed by atoms with Crippen molar-refractivity contribution in [3.8, 4) is 0 Å². The molecule has 1 atom stereocenters. The van der Waals surface area contributed by atoms with Gasteiger partial charge in [-0.1, -0.05) is 23.2 Å². The van der Waals surface area contributed by atoms with Gasteiger partial charge in [0.2, 0.25) is 5.91 Å². The molecule has 2 fully saturated rings. The highest BCUT2D eigenvalue weighted by molar-refractivity contribution is 6.35. The van der Waals surface area contributed by atoms with Crippen LogP contribution >= 0.6 is 23.2 Å². The van der Waals surface area contributed by atoms with Gasteiger partial charge in [0.05, 0.1) is 30.1 Å². The molecule has 1 aromatic carbocycles. The summed E-state index contributed by atoms with van der Waals surface area (Å²) in [4.78, 5) is 32.0. The number of nitrogens with one attached hydrogen (secondary N) is 1. The summed E-state index contributed by atoms with van der Waals surface area (Å²) >= 11 is 11.9. The highest BCUT2D eigenvalue weighted by atomic mass is 35.5. The monoisotopic (exact) mass is 452 g/mol. The molecule has 2 aliphatic heterocycles. The minimum atomic E-state index is -0.595. The number of rotatable bonds is 3. The van der Waals surface area contributed by atoms with E-state index in [1.807, 2.05) is 0 Å². The van der Waals surface area contributed by atoms with Crippen LogP contribution in [0.3, 0.4) is 0 Å². The van der Waals surface area contributed by atoms with Crippen molar-refractivity contribution in [3.63, 3.8) is 0 Å². The fourth-order valence-corrected chi connectivity index (χ4v) is 4.04. The van der Waals surface area contributed by atoms with Crippen LogP contribution in [0.4, 0.5) is 20.7 Å². The molecule has 7 nitrogen and oxygen atoms in total. The van der Waals surface area contributed by atoms with E-state index in [0.29, 0.717) is 36.6 Å². The molecule has 0 aliphatic carbocycles. The van der Waals surface area contributed by atoms with Crippen molar-refractivity contribution in [2.24, 2.45) is 0 Å². The SMILES string of the molecule is O=C(Nc1ccc(N2CCCC2=O)cn1)N1CCOC(c2cc(F)c(Cl)cc2Cl)C1. The summed E-state index contributed by atoms with van der Waals surface area (Å²) in [5, 5.41) is 2.95. The van der Waals surface area contributed by atoms with Crippen molar-refractivity contribution < 1.29 is 18.7 Å². The number of pyridine rings is 1. The molecule has 3 heterocycles. The third kappa shape index (κ3) is 4.35. The lowest BCUT2D eigenvalue weighted by Crippen LogP contribution is -2.44. The van der Waals surface area contributed by atoms with Crippen LogP contribution in [0.2, 0.25) is 10.0 Å². The number of anilines is 2. The lowest BCUT2D eigenvalue weighted by atomic mass is 10.1. The van der Waals surface area contributed by atoms with Gasteiger partial charge in [-0.15, -0.1) is 0 Å². The summed E-state index contributed by atoms with van der Waals surface area (Å²) in [6.07, 6.45) is 2.37. The summed E-state index contributed by atoms with van der Waals surface area (Å²) in [7, 11) is 0. The number of nitrogens with zero attached hydrogens (tertiary/aromatic N) is 3. The third-order valence-corrected chi connectivity index (χ3v) is 5.73. The van der Waals surface area contributed by atoms with E-state index in [0.717, 1.165) is 6.42 Å². The molecule has 1 aromatic heterocycles. The molecule has 0 radical (unpaired) electrons. The van der Waals surface area contributed by atoms with E-state index in [-0.39, 0.29) is 35.1 Å². The molecule has 0 bridgehead atoms. The van der Waals surface area contributed by atoms with Gasteiger partial charge < -0.3 is 14.5 Å². The Balaban J connectivity index is 1.41. The fourth-order valence-electron chi connectivity index (χ4n) is 3.54. The first-order valence-corrected chi connectivity index (χ1v) is 10.3. The van der Waals surface area contributed by atoms with E-state index >= 15 is 0 Å². The second kappa shape index (κ2) is 8.75. The van der Waals surface area contributed by atoms with Crippen LogP contribution in [0.1, 0.15) is 24.5 Å². The Morgan fingerprint density at radius 1 is 1.23 bits per heavy atom. The summed E-state index contributed by atoms with van der Waals surface area (Å²) in [6.45, 7) is 1.53. The van der Waals surface area contributed by atoms with Crippen LogP contribution < -0.4 is 10.2 Å². The fraction of sp³-hybridized carbons (Fsp3) is 0.350. The van der Waals surface area contributed by atoms with Crippen molar-refractivity contribution in [3.05, 3.63) is 51.9 Å². The maximum absolute atomic E-state index is 13.9. The average Bonchev–Trinajstić information content (AvgIpc) is 3.17. The van der Waals surface area contributed by atoms with Crippen LogP contribution in [-0.4, -0.2) is 48.1 Å². The number of hydrogen-bond donors (Lipinski definition) is 1. The molecule has 1 unspecified atom stereocenters. The van der Waals surface area contributed by atoms with Crippen molar-refractivity contribution in [2.45, 2.75) is 18.9 Å². The van der Waals surface area contributed by atoms with E-state index < -0.39 is 11.9 Å². The number of benzene rings is 1. The lowest BCUT2D eigenvalue weighted by molar-refractivity contribution is -0.117. The van der Waals surface area contributed by atoms with E-state index in [1.165, 1.54) is 12.1 Å². The molecular weight excluding hydrogens is 434 g/mol. The maximum atomic E-state index is 13.9. The molecule has 2 saturated heterocycles. The Hall–Kier alpha value is -2.42. The number of morpholine rings is 1. The van der Waals surface area contributed by atoms with Gasteiger partial charge in [0.15, 0.2) is 0 Å². The van der Waals surface area contributed by atoms with Gasteiger partial charge in [0.25, 0.3) is 0 Å². The molecule has 4 rings (SSSR count). The Bertz CT molecular complexity index is 973. The molecule has 0 spiro atoms. The molecule has 2 aliphatic rings. The summed E-state index contributed by atoms with van der Waals surface area (Å²) in [5.74, 6) is -0.152. The van der Waals surface area contributed by atoms with Crippen molar-refractivity contribution in [1.29, 1.82) is 0 Å². The number of carbonyl (C=O) groups is 2. The molecule has 30 heavy (non-hydrogen) atoms. The molecule has 1 N–H and O–H groups in total. The summed E-state index contributed by atoms with van der Waals surface area (Å²) in [5.41, 5.74) is 1.15. The number of amides is 3.